The third kappa shape index (κ3) is 4.41. The lowest BCUT2D eigenvalue weighted by atomic mass is 9.97. The number of ketones is 1. The summed E-state index contributed by atoms with van der Waals surface area (Å²) < 4.78 is 0. The van der Waals surface area contributed by atoms with Crippen molar-refractivity contribution >= 4 is 17.7 Å². The second kappa shape index (κ2) is 7.20. The van der Waals surface area contributed by atoms with Crippen LogP contribution in [0.5, 0.6) is 0 Å². The van der Waals surface area contributed by atoms with Gasteiger partial charge in [0.05, 0.1) is 0 Å². The number of hydrogen-bond donors (Lipinski definition) is 2. The summed E-state index contributed by atoms with van der Waals surface area (Å²) in [6.07, 6.45) is 0.323. The average molecular weight is 305 g/mol. The average Bonchev–Trinajstić information content (AvgIpc) is 2.46. The number of amides is 1. The first-order valence-corrected chi connectivity index (χ1v) is 7.34. The number of nitrogens with one attached hydrogen (secondary N) is 1. The van der Waals surface area contributed by atoms with Crippen LogP contribution in [0.2, 0.25) is 0 Å². The lowest BCUT2D eigenvalue weighted by Crippen LogP contribution is -2.51. The molecule has 0 fully saturated rings. The van der Waals surface area contributed by atoms with Crippen molar-refractivity contribution in [2.45, 2.75) is 52.5 Å². The van der Waals surface area contributed by atoms with Crippen molar-refractivity contribution in [3.8, 4) is 0 Å². The quantitative estimate of drug-likeness (QED) is 0.759. The smallest absolute Gasteiger partial charge is 0.329 e. The second-order valence-corrected chi connectivity index (χ2v) is 5.78. The van der Waals surface area contributed by atoms with E-state index in [-0.39, 0.29) is 25.0 Å². The highest BCUT2D eigenvalue weighted by molar-refractivity contribution is 5.99. The van der Waals surface area contributed by atoms with Crippen LogP contribution in [0.1, 0.15) is 54.6 Å². The lowest BCUT2D eigenvalue weighted by molar-refractivity contribution is -0.147. The summed E-state index contributed by atoms with van der Waals surface area (Å²) in [5, 5.41) is 11.6. The van der Waals surface area contributed by atoms with Gasteiger partial charge >= 0.3 is 5.97 Å². The number of carbonyl (C=O) groups excluding carboxylic acids is 2. The van der Waals surface area contributed by atoms with E-state index in [4.69, 9.17) is 5.11 Å². The molecule has 0 aliphatic carbocycles. The Morgan fingerprint density at radius 2 is 1.82 bits per heavy atom. The molecule has 1 aromatic rings. The van der Waals surface area contributed by atoms with Gasteiger partial charge in [0.25, 0.3) is 0 Å². The summed E-state index contributed by atoms with van der Waals surface area (Å²) in [4.78, 5) is 35.2. The molecule has 2 N–H and O–H groups in total. The van der Waals surface area contributed by atoms with E-state index in [1.807, 2.05) is 32.0 Å². The minimum Gasteiger partial charge on any atom is -0.480 e. The summed E-state index contributed by atoms with van der Waals surface area (Å²) in [6, 6.07) is 5.61. The minimum atomic E-state index is -1.29. The highest BCUT2D eigenvalue weighted by atomic mass is 16.4. The second-order valence-electron chi connectivity index (χ2n) is 5.78. The van der Waals surface area contributed by atoms with Crippen LogP contribution < -0.4 is 5.32 Å². The summed E-state index contributed by atoms with van der Waals surface area (Å²) in [7, 11) is 0. The van der Waals surface area contributed by atoms with Crippen LogP contribution in [0.25, 0.3) is 0 Å². The van der Waals surface area contributed by atoms with Gasteiger partial charge < -0.3 is 10.4 Å². The van der Waals surface area contributed by atoms with Gasteiger partial charge in [0, 0.05) is 18.4 Å². The molecule has 0 aliphatic rings. The van der Waals surface area contributed by atoms with E-state index in [1.54, 1.807) is 6.92 Å². The van der Waals surface area contributed by atoms with Crippen LogP contribution >= 0.6 is 0 Å². The van der Waals surface area contributed by atoms with E-state index < -0.39 is 17.4 Å². The fourth-order valence-corrected chi connectivity index (χ4v) is 2.06. The standard InChI is InChI=1S/C17H23NO4/c1-5-17(4,16(21)22)18-15(20)9-8-14(19)13-10-11(2)6-7-12(13)3/h6-7,10H,5,8-9H2,1-4H3,(H,18,20)(H,21,22). The molecule has 1 unspecified atom stereocenters. The molecule has 0 aromatic heterocycles. The third-order valence-corrected chi connectivity index (χ3v) is 3.87. The molecule has 1 rings (SSSR count). The highest BCUT2D eigenvalue weighted by Gasteiger charge is 2.32. The Labute approximate surface area is 130 Å². The molecular weight excluding hydrogens is 282 g/mol. The zero-order valence-electron chi connectivity index (χ0n) is 13.5. The molecule has 0 heterocycles. The van der Waals surface area contributed by atoms with Gasteiger partial charge in [0.1, 0.15) is 5.54 Å². The van der Waals surface area contributed by atoms with Crippen LogP contribution in [0.3, 0.4) is 0 Å². The number of carboxylic acid groups (broad SMARTS) is 1. The molecule has 1 atom stereocenters. The molecule has 0 spiro atoms. The van der Waals surface area contributed by atoms with Crippen LogP contribution in [-0.4, -0.2) is 28.3 Å². The summed E-state index contributed by atoms with van der Waals surface area (Å²) >= 11 is 0. The Morgan fingerprint density at radius 3 is 2.36 bits per heavy atom. The van der Waals surface area contributed by atoms with Gasteiger partial charge in [-0.2, -0.15) is 0 Å². The Morgan fingerprint density at radius 1 is 1.18 bits per heavy atom. The van der Waals surface area contributed by atoms with E-state index in [9.17, 15) is 14.4 Å². The molecule has 5 nitrogen and oxygen atoms in total. The number of carbonyl (C=O) groups is 3. The Kier molecular flexibility index (Phi) is 5.85. The number of carboxylic acids is 1. The number of benzene rings is 1. The number of hydrogen-bond acceptors (Lipinski definition) is 3. The van der Waals surface area contributed by atoms with Crippen molar-refractivity contribution < 1.29 is 19.5 Å². The van der Waals surface area contributed by atoms with Gasteiger partial charge in [-0.15, -0.1) is 0 Å². The van der Waals surface area contributed by atoms with Gasteiger partial charge in [-0.25, -0.2) is 4.79 Å². The highest BCUT2D eigenvalue weighted by Crippen LogP contribution is 2.15. The SMILES string of the molecule is CCC(C)(NC(=O)CCC(=O)c1cc(C)ccc1C)C(=O)O. The maximum atomic E-state index is 12.2. The molecule has 0 radical (unpaired) electrons. The largest absolute Gasteiger partial charge is 0.480 e. The predicted octanol–water partition coefficient (Wildman–Crippen LogP) is 2.64. The first-order chi connectivity index (χ1) is 10.2. The number of Topliss-reactive ketones (excluding diaryl/α,β-unsaturated/α-hetero) is 1. The molecule has 0 saturated heterocycles. The maximum Gasteiger partial charge on any atom is 0.329 e. The molecule has 1 amide bonds. The maximum absolute atomic E-state index is 12.2. The fraction of sp³-hybridized carbons (Fsp3) is 0.471. The molecule has 0 bridgehead atoms. The van der Waals surface area contributed by atoms with E-state index in [1.165, 1.54) is 6.92 Å². The third-order valence-electron chi connectivity index (χ3n) is 3.87. The number of aryl methyl sites for hydroxylation is 2. The summed E-state index contributed by atoms with van der Waals surface area (Å²) in [5.74, 6) is -1.61. The summed E-state index contributed by atoms with van der Waals surface area (Å²) in [6.45, 7) is 6.91. The lowest BCUT2D eigenvalue weighted by Gasteiger charge is -2.24. The predicted molar refractivity (Wildman–Crippen MR) is 84.0 cm³/mol. The van der Waals surface area contributed by atoms with Crippen LogP contribution in [-0.2, 0) is 9.59 Å². The van der Waals surface area contributed by atoms with Crippen molar-refractivity contribution in [1.82, 2.24) is 5.32 Å². The van der Waals surface area contributed by atoms with E-state index >= 15 is 0 Å². The normalized spacial score (nSPS) is 13.3. The number of aliphatic carboxylic acids is 1. The molecule has 1 aromatic carbocycles. The number of rotatable bonds is 7. The van der Waals surface area contributed by atoms with E-state index in [0.29, 0.717) is 5.56 Å². The Hall–Kier alpha value is -2.17. The van der Waals surface area contributed by atoms with Crippen molar-refractivity contribution in [1.29, 1.82) is 0 Å². The van der Waals surface area contributed by atoms with Crippen molar-refractivity contribution in [3.05, 3.63) is 34.9 Å². The van der Waals surface area contributed by atoms with Gasteiger partial charge in [-0.05, 0) is 38.8 Å². The molecule has 5 heteroatoms. The fourth-order valence-electron chi connectivity index (χ4n) is 2.06. The van der Waals surface area contributed by atoms with E-state index in [2.05, 4.69) is 5.32 Å². The van der Waals surface area contributed by atoms with Crippen molar-refractivity contribution in [2.24, 2.45) is 0 Å². The molecule has 0 saturated carbocycles. The zero-order chi connectivity index (χ0) is 16.9. The Bertz CT molecular complexity index is 594. The molecule has 120 valence electrons. The van der Waals surface area contributed by atoms with Gasteiger partial charge in [0.15, 0.2) is 5.78 Å². The monoisotopic (exact) mass is 305 g/mol. The zero-order valence-corrected chi connectivity index (χ0v) is 13.5. The van der Waals surface area contributed by atoms with Crippen LogP contribution in [0.15, 0.2) is 18.2 Å². The van der Waals surface area contributed by atoms with Crippen molar-refractivity contribution in [3.63, 3.8) is 0 Å². The first-order valence-electron chi connectivity index (χ1n) is 7.34. The van der Waals surface area contributed by atoms with Crippen LogP contribution in [0, 0.1) is 13.8 Å². The van der Waals surface area contributed by atoms with Gasteiger partial charge in [0.2, 0.25) is 5.91 Å². The molecular formula is C17H23NO4. The van der Waals surface area contributed by atoms with E-state index in [0.717, 1.165) is 11.1 Å². The molecule has 0 aliphatic heterocycles. The van der Waals surface area contributed by atoms with Crippen LogP contribution in [0.4, 0.5) is 0 Å². The molecule has 22 heavy (non-hydrogen) atoms. The van der Waals surface area contributed by atoms with Gasteiger partial charge in [-0.1, -0.05) is 24.6 Å². The van der Waals surface area contributed by atoms with Crippen molar-refractivity contribution in [2.75, 3.05) is 0 Å². The topological polar surface area (TPSA) is 83.5 Å². The Balaban J connectivity index is 2.66. The summed E-state index contributed by atoms with van der Waals surface area (Å²) in [5.41, 5.74) is 1.19. The minimum absolute atomic E-state index is 0.0188. The first kappa shape index (κ1) is 17.9. The van der Waals surface area contributed by atoms with Gasteiger partial charge in [-0.3, -0.25) is 9.59 Å².